The van der Waals surface area contributed by atoms with E-state index in [2.05, 4.69) is 20.8 Å². The predicted molar refractivity (Wildman–Crippen MR) is 253 cm³/mol. The normalized spacial score (nSPS) is 12.3. The lowest BCUT2D eigenvalue weighted by Crippen LogP contribution is -2.54. The maximum absolute atomic E-state index is 14.8. The first-order chi connectivity index (χ1) is 32.6. The Labute approximate surface area is 397 Å². The molecule has 0 aliphatic carbocycles. The zero-order chi connectivity index (χ0) is 49.8. The molecule has 0 unspecified atom stereocenters. The summed E-state index contributed by atoms with van der Waals surface area (Å²) < 4.78 is 112. The molecule has 7 rings (SSSR count). The first-order valence-electron chi connectivity index (χ1n) is 22.3. The van der Waals surface area contributed by atoms with Crippen molar-refractivity contribution in [1.82, 2.24) is 0 Å². The van der Waals surface area contributed by atoms with Gasteiger partial charge in [-0.2, -0.15) is 26.3 Å². The average Bonchev–Trinajstić information content (AvgIpc) is 3.32. The first-order valence-corrected chi connectivity index (χ1v) is 22.3. The number of carbonyl (C=O) groups is 2. The van der Waals surface area contributed by atoms with Crippen molar-refractivity contribution in [3.63, 3.8) is 0 Å². The summed E-state index contributed by atoms with van der Waals surface area (Å²) >= 11 is 0. The lowest BCUT2D eigenvalue weighted by atomic mass is 9.73. The second kappa shape index (κ2) is 19.7. The summed E-state index contributed by atoms with van der Waals surface area (Å²) in [5.41, 5.74) is -4.08. The minimum atomic E-state index is -5.77. The van der Waals surface area contributed by atoms with E-state index >= 15 is 0 Å². The van der Waals surface area contributed by atoms with Crippen molar-refractivity contribution in [3.05, 3.63) is 209 Å². The number of ether oxygens (including phenoxy) is 4. The lowest BCUT2D eigenvalue weighted by molar-refractivity contribution is -0.288. The molecular weight excluding hydrogens is 895 g/mol. The maximum atomic E-state index is 14.8. The summed E-state index contributed by atoms with van der Waals surface area (Å²) in [4.78, 5) is 26.6. The fourth-order valence-corrected chi connectivity index (χ4v) is 7.56. The number of alkyl halides is 6. The van der Waals surface area contributed by atoms with Crippen LogP contribution in [0, 0.1) is 0 Å². The van der Waals surface area contributed by atoms with E-state index in [0.29, 0.717) is 51.7 Å². The molecule has 0 fully saturated rings. The van der Waals surface area contributed by atoms with E-state index in [9.17, 15) is 35.9 Å². The van der Waals surface area contributed by atoms with Gasteiger partial charge in [-0.25, -0.2) is 0 Å². The summed E-state index contributed by atoms with van der Waals surface area (Å²) in [6.45, 7) is 11.8. The van der Waals surface area contributed by atoms with Gasteiger partial charge in [0.1, 0.15) is 45.8 Å². The average molecular weight is 945 g/mol. The van der Waals surface area contributed by atoms with Crippen molar-refractivity contribution in [1.29, 1.82) is 0 Å². The zero-order valence-corrected chi connectivity index (χ0v) is 38.8. The molecule has 0 aromatic heterocycles. The van der Waals surface area contributed by atoms with Gasteiger partial charge in [-0.3, -0.25) is 9.59 Å². The third-order valence-electron chi connectivity index (χ3n) is 12.3. The zero-order valence-electron chi connectivity index (χ0n) is 38.8. The van der Waals surface area contributed by atoms with Crippen LogP contribution in [0.2, 0.25) is 0 Å². The predicted octanol–water partition coefficient (Wildman–Crippen LogP) is 16.2. The van der Waals surface area contributed by atoms with Crippen molar-refractivity contribution in [3.8, 4) is 40.2 Å². The topological polar surface area (TPSA) is 71.1 Å². The van der Waals surface area contributed by atoms with E-state index in [4.69, 9.17) is 18.9 Å². The van der Waals surface area contributed by atoms with E-state index in [-0.39, 0.29) is 34.2 Å². The lowest BCUT2D eigenvalue weighted by Gasteiger charge is -2.38. The third kappa shape index (κ3) is 11.0. The van der Waals surface area contributed by atoms with Crippen molar-refractivity contribution in [2.24, 2.45) is 0 Å². The highest BCUT2D eigenvalue weighted by atomic mass is 19.4. The highest BCUT2D eigenvalue weighted by Crippen LogP contribution is 2.56. The summed E-state index contributed by atoms with van der Waals surface area (Å²) in [7, 11) is 0. The van der Waals surface area contributed by atoms with Crippen LogP contribution in [-0.2, 0) is 10.8 Å². The Balaban J connectivity index is 0.962. The Hall–Kier alpha value is -7.34. The summed E-state index contributed by atoms with van der Waals surface area (Å²) in [5, 5.41) is 0. The van der Waals surface area contributed by atoms with Crippen LogP contribution in [0.15, 0.2) is 170 Å². The number of halogens is 6. The van der Waals surface area contributed by atoms with Crippen LogP contribution in [-0.4, -0.2) is 29.5 Å². The van der Waals surface area contributed by atoms with E-state index in [1.54, 1.807) is 86.6 Å². The number of rotatable bonds is 17. The molecule has 7 aromatic rings. The van der Waals surface area contributed by atoms with Crippen LogP contribution in [0.3, 0.4) is 0 Å². The number of carbonyl (C=O) groups excluding carboxylic acids is 2. The minimum absolute atomic E-state index is 0.0229. The summed E-state index contributed by atoms with van der Waals surface area (Å²) in [6, 6.07) is 41.4. The molecule has 0 aliphatic rings. The van der Waals surface area contributed by atoms with Crippen LogP contribution in [0.4, 0.5) is 26.3 Å². The molecule has 0 atom stereocenters. The van der Waals surface area contributed by atoms with Crippen molar-refractivity contribution in [2.75, 3.05) is 0 Å². The van der Waals surface area contributed by atoms with Crippen molar-refractivity contribution in [2.45, 2.75) is 83.2 Å². The highest BCUT2D eigenvalue weighted by molar-refractivity contribution is 6.09. The summed E-state index contributed by atoms with van der Waals surface area (Å²) in [6.07, 6.45) is -9.99. The van der Waals surface area contributed by atoms with Crippen LogP contribution >= 0.6 is 0 Å². The molecule has 69 heavy (non-hydrogen) atoms. The molecule has 0 heterocycles. The van der Waals surface area contributed by atoms with Crippen molar-refractivity contribution >= 4 is 11.6 Å². The molecule has 0 saturated heterocycles. The maximum Gasteiger partial charge on any atom is 0.411 e. The van der Waals surface area contributed by atoms with Crippen LogP contribution in [0.1, 0.15) is 103 Å². The quantitative estimate of drug-likeness (QED) is 0.0669. The fraction of sp³-hybridized carbons (Fsp3) is 0.228. The molecule has 7 aromatic carbocycles. The standard InChI is InChI=1S/C57H50F6O6/c1-7-53(3,4)41-20-12-37(13-21-41)51(64)38-16-28-45(29-17-38)67-49-10-9-11-50(36-49)68-46-30-18-40(19-31-46)52(65)39-14-26-44(27-15-39)66-47-32-22-42(23-33-47)55(56(58,59)60,57(61,62)63)43-24-34-48(35-25-43)69-54(5,6)8-2/h9-36H,7-8H2,1-6H3. The summed E-state index contributed by atoms with van der Waals surface area (Å²) in [5.74, 6) is 1.86. The van der Waals surface area contributed by atoms with Gasteiger partial charge in [0.05, 0.1) is 0 Å². The molecule has 0 aliphatic heterocycles. The third-order valence-corrected chi connectivity index (χ3v) is 12.3. The van der Waals surface area contributed by atoms with Crippen LogP contribution in [0.25, 0.3) is 0 Å². The smallest absolute Gasteiger partial charge is 0.411 e. The number of hydrogen-bond donors (Lipinski definition) is 0. The Kier molecular flexibility index (Phi) is 14.2. The molecule has 6 nitrogen and oxygen atoms in total. The minimum Gasteiger partial charge on any atom is -0.488 e. The molecule has 0 bridgehead atoms. The van der Waals surface area contributed by atoms with Gasteiger partial charge in [-0.15, -0.1) is 0 Å². The molecule has 12 heteroatoms. The van der Waals surface area contributed by atoms with Gasteiger partial charge in [0, 0.05) is 28.3 Å². The monoisotopic (exact) mass is 944 g/mol. The van der Waals surface area contributed by atoms with E-state index in [1.165, 1.54) is 29.8 Å². The van der Waals surface area contributed by atoms with Gasteiger partial charge < -0.3 is 18.9 Å². The Bertz CT molecular complexity index is 2850. The highest BCUT2D eigenvalue weighted by Gasteiger charge is 2.72. The number of hydrogen-bond acceptors (Lipinski definition) is 6. The molecule has 0 amide bonds. The molecule has 0 saturated carbocycles. The van der Waals surface area contributed by atoms with Gasteiger partial charge in [0.25, 0.3) is 0 Å². The Morgan fingerprint density at radius 2 is 0.696 bits per heavy atom. The van der Waals surface area contributed by atoms with Crippen LogP contribution in [0.5, 0.6) is 40.2 Å². The van der Waals surface area contributed by atoms with Gasteiger partial charge in [-0.05, 0) is 158 Å². The Morgan fingerprint density at radius 1 is 0.391 bits per heavy atom. The molecule has 0 N–H and O–H groups in total. The van der Waals surface area contributed by atoms with E-state index in [1.807, 2.05) is 31.2 Å². The second-order valence-electron chi connectivity index (χ2n) is 17.8. The van der Waals surface area contributed by atoms with Gasteiger partial charge in [0.2, 0.25) is 5.41 Å². The fourth-order valence-electron chi connectivity index (χ4n) is 7.56. The molecule has 356 valence electrons. The van der Waals surface area contributed by atoms with Crippen LogP contribution < -0.4 is 18.9 Å². The SMILES string of the molecule is CCC(C)(C)Oc1ccc(C(c2ccc(Oc3ccc(C(=O)c4ccc(Oc5cccc(Oc6ccc(C(=O)c7ccc(C(C)(C)CC)cc7)cc6)c5)cc4)cc3)cc2)(C(F)(F)F)C(F)(F)F)cc1. The number of ketones is 2. The largest absolute Gasteiger partial charge is 0.488 e. The van der Waals surface area contributed by atoms with E-state index < -0.39 is 34.5 Å². The van der Waals surface area contributed by atoms with Crippen molar-refractivity contribution < 1.29 is 54.9 Å². The number of benzene rings is 7. The van der Waals surface area contributed by atoms with Gasteiger partial charge in [0.15, 0.2) is 11.6 Å². The molecule has 0 radical (unpaired) electrons. The van der Waals surface area contributed by atoms with Gasteiger partial charge >= 0.3 is 12.4 Å². The Morgan fingerprint density at radius 3 is 1.03 bits per heavy atom. The van der Waals surface area contributed by atoms with Gasteiger partial charge in [-0.1, -0.05) is 82.3 Å². The first kappa shape index (κ1) is 49.6. The molecule has 0 spiro atoms. The van der Waals surface area contributed by atoms with E-state index in [0.717, 1.165) is 55.0 Å². The second-order valence-corrected chi connectivity index (χ2v) is 17.8. The molecular formula is C57H50F6O6.